The Hall–Kier alpha value is -3.64. The Balaban J connectivity index is 1.99. The molecule has 1 fully saturated rings. The maximum absolute atomic E-state index is 13.4. The monoisotopic (exact) mass is 954 g/mol. The van der Waals surface area contributed by atoms with Gasteiger partial charge in [0.25, 0.3) is 0 Å². The predicted octanol–water partition coefficient (Wildman–Crippen LogP) is 2.77. The molecule has 0 aliphatic carbocycles. The van der Waals surface area contributed by atoms with Gasteiger partial charge in [-0.2, -0.15) is 0 Å². The van der Waals surface area contributed by atoms with Gasteiger partial charge in [-0.1, -0.05) is 41.5 Å². The van der Waals surface area contributed by atoms with Crippen LogP contribution in [0.15, 0.2) is 30.1 Å². The molecule has 1 aromatic carbocycles. The number of carboxylic acids is 1. The number of anilines is 1. The molecular weight excluding hydrogens is 877 g/mol. The number of aliphatic hydroxyl groups is 1. The summed E-state index contributed by atoms with van der Waals surface area (Å²) < 4.78 is 28.8. The number of carbonyl (C=O) groups is 4. The van der Waals surface area contributed by atoms with E-state index in [1.54, 1.807) is 12.3 Å². The molecule has 0 bridgehead atoms. The molecular formula is C44H77AsN7O11. The van der Waals surface area contributed by atoms with Crippen molar-refractivity contribution in [2.24, 2.45) is 28.3 Å². The predicted molar refractivity (Wildman–Crippen MR) is 242 cm³/mol. The fourth-order valence-electron chi connectivity index (χ4n) is 6.41. The molecule has 1 saturated heterocycles. The Bertz CT molecular complexity index is 1600. The number of carboxylic acid groups (broad SMARTS) is 1. The summed E-state index contributed by atoms with van der Waals surface area (Å²) in [4.78, 5) is 51.1. The number of ether oxygens (including phenoxy) is 5. The SMILES string of the molecule is C[As]C(C/C(N)=C/N(N)CCN(CC(=O)NCC(C)(C)COCC(C)(C)CC(=O)O)C(=O)COCCOCCNC(=O)CCC(C)C)c1ccc(OC2OC(C)CCC2O)c(N)c1. The number of nitrogens with one attached hydrogen (secondary N) is 2. The second-order valence-electron chi connectivity index (χ2n) is 18.2. The Morgan fingerprint density at radius 2 is 1.70 bits per heavy atom. The van der Waals surface area contributed by atoms with Crippen molar-refractivity contribution in [3.8, 4) is 5.75 Å². The Kier molecular flexibility index (Phi) is 24.9. The summed E-state index contributed by atoms with van der Waals surface area (Å²) in [5, 5.41) is 26.6. The summed E-state index contributed by atoms with van der Waals surface area (Å²) in [7, 11) is 0. The first-order chi connectivity index (χ1) is 29.6. The Morgan fingerprint density at radius 1 is 1.00 bits per heavy atom. The van der Waals surface area contributed by atoms with Gasteiger partial charge in [0.2, 0.25) is 5.91 Å². The molecule has 1 aromatic rings. The number of rotatable bonds is 31. The van der Waals surface area contributed by atoms with Gasteiger partial charge in [0.1, 0.15) is 0 Å². The molecule has 63 heavy (non-hydrogen) atoms. The minimum atomic E-state index is -0.899. The summed E-state index contributed by atoms with van der Waals surface area (Å²) in [5.41, 5.74) is 15.9. The molecule has 4 atom stereocenters. The van der Waals surface area contributed by atoms with Crippen LogP contribution >= 0.6 is 0 Å². The Labute approximate surface area is 381 Å². The van der Waals surface area contributed by atoms with Gasteiger partial charge in [-0.3, -0.25) is 9.59 Å². The van der Waals surface area contributed by atoms with Crippen LogP contribution in [0.5, 0.6) is 5.75 Å². The number of nitrogen functional groups attached to an aromatic ring is 1. The van der Waals surface area contributed by atoms with E-state index in [9.17, 15) is 24.3 Å². The fourth-order valence-corrected chi connectivity index (χ4v) is 8.19. The number of hydrogen-bond acceptors (Lipinski definition) is 14. The van der Waals surface area contributed by atoms with Crippen LogP contribution in [0.1, 0.15) is 97.3 Å². The van der Waals surface area contributed by atoms with E-state index in [2.05, 4.69) is 30.2 Å². The van der Waals surface area contributed by atoms with Gasteiger partial charge in [-0.05, 0) is 17.8 Å². The van der Waals surface area contributed by atoms with E-state index in [1.807, 2.05) is 46.8 Å². The van der Waals surface area contributed by atoms with Crippen molar-refractivity contribution in [2.75, 3.05) is 78.1 Å². The first-order valence-electron chi connectivity index (χ1n) is 21.8. The third-order valence-corrected chi connectivity index (χ3v) is 12.4. The molecule has 0 aromatic heterocycles. The molecule has 4 unspecified atom stereocenters. The van der Waals surface area contributed by atoms with Gasteiger partial charge in [-0.15, -0.1) is 0 Å². The van der Waals surface area contributed by atoms with E-state index < -0.39 is 35.1 Å². The molecule has 0 spiro atoms. The minimum absolute atomic E-state index is 0.0193. The number of carbonyl (C=O) groups excluding carboxylic acids is 3. The van der Waals surface area contributed by atoms with Crippen molar-refractivity contribution in [2.45, 2.75) is 116 Å². The Morgan fingerprint density at radius 3 is 2.37 bits per heavy atom. The number of aliphatic carboxylic acids is 1. The fraction of sp³-hybridized carbons (Fsp3) is 0.727. The van der Waals surface area contributed by atoms with Crippen LogP contribution in [0, 0.1) is 16.7 Å². The van der Waals surface area contributed by atoms with Crippen LogP contribution in [-0.2, 0) is 38.1 Å². The van der Waals surface area contributed by atoms with Gasteiger partial charge in [0, 0.05) is 18.4 Å². The van der Waals surface area contributed by atoms with E-state index in [4.69, 9.17) is 46.1 Å². The molecule has 359 valence electrons. The number of benzene rings is 1. The van der Waals surface area contributed by atoms with Crippen LogP contribution in [0.25, 0.3) is 0 Å². The summed E-state index contributed by atoms with van der Waals surface area (Å²) in [6.07, 6.45) is 3.17. The summed E-state index contributed by atoms with van der Waals surface area (Å²) in [5.74, 6) is 5.53. The van der Waals surface area contributed by atoms with Crippen LogP contribution in [0.4, 0.5) is 5.69 Å². The molecule has 0 saturated carbocycles. The van der Waals surface area contributed by atoms with Crippen molar-refractivity contribution in [1.82, 2.24) is 20.5 Å². The molecule has 1 aliphatic heterocycles. The van der Waals surface area contributed by atoms with Crippen molar-refractivity contribution in [3.63, 3.8) is 0 Å². The number of hydrazine groups is 1. The van der Waals surface area contributed by atoms with Gasteiger partial charge >= 0.3 is 237 Å². The number of nitrogens with zero attached hydrogens (tertiary/aromatic N) is 2. The molecule has 10 N–H and O–H groups in total. The molecule has 2 rings (SSSR count). The maximum atomic E-state index is 13.4. The second-order valence-corrected chi connectivity index (χ2v) is 20.6. The van der Waals surface area contributed by atoms with Gasteiger partial charge in [0.05, 0.1) is 32.8 Å². The molecule has 3 amide bonds. The van der Waals surface area contributed by atoms with Crippen molar-refractivity contribution >= 4 is 45.1 Å². The zero-order valence-electron chi connectivity index (χ0n) is 38.9. The average molecular weight is 955 g/mol. The normalized spacial score (nSPS) is 17.8. The van der Waals surface area contributed by atoms with E-state index in [1.165, 1.54) is 9.91 Å². The molecule has 18 nitrogen and oxygen atoms in total. The van der Waals surface area contributed by atoms with Crippen LogP contribution < -0.4 is 32.7 Å². The third kappa shape index (κ3) is 23.7. The third-order valence-electron chi connectivity index (χ3n) is 10.1. The summed E-state index contributed by atoms with van der Waals surface area (Å²) in [6, 6.07) is 5.59. The zero-order valence-corrected chi connectivity index (χ0v) is 40.7. The van der Waals surface area contributed by atoms with Crippen LogP contribution in [-0.4, -0.2) is 150 Å². The summed E-state index contributed by atoms with van der Waals surface area (Å²) >= 11 is -0.179. The van der Waals surface area contributed by atoms with E-state index >= 15 is 0 Å². The molecule has 19 heteroatoms. The standard InChI is InChI=1S/C44H77AsN7O11/c1-30(2)9-14-38(54)49-15-18-59-19-20-60-26-40(56)51(25-39(55)50-27-44(6,7)29-61-28-43(4,5)23-41(57)58)16-17-52(48)24-33(46)22-34(45-8)32-11-13-37(35(47)21-32)63-42-36(53)12-10-31(3)62-42/h11,13,21,24,30-31,34,36,42,53H,9-10,12,14-20,22-23,25-29,46-48H2,1-8H3,(H,49,54)(H,50,55)(H,57,58)/b33-24-. The van der Waals surface area contributed by atoms with E-state index in [-0.39, 0.29) is 104 Å². The first-order valence-corrected chi connectivity index (χ1v) is 24.8. The zero-order chi connectivity index (χ0) is 47.2. The van der Waals surface area contributed by atoms with Crippen molar-refractivity contribution < 1.29 is 53.1 Å². The second kappa shape index (κ2) is 28.3. The molecule has 1 aliphatic rings. The van der Waals surface area contributed by atoms with Crippen molar-refractivity contribution in [1.29, 1.82) is 0 Å². The molecule has 1 heterocycles. The van der Waals surface area contributed by atoms with E-state index in [0.717, 1.165) is 18.4 Å². The quantitative estimate of drug-likeness (QED) is 0.0186. The summed E-state index contributed by atoms with van der Waals surface area (Å²) in [6.45, 7) is 15.1. The van der Waals surface area contributed by atoms with Gasteiger partial charge in [-0.25, -0.2) is 0 Å². The number of amides is 3. The van der Waals surface area contributed by atoms with Gasteiger partial charge in [0.15, 0.2) is 0 Å². The number of hydrogen-bond donors (Lipinski definition) is 7. The first kappa shape index (κ1) is 55.5. The average Bonchev–Trinajstić information content (AvgIpc) is 3.19. The van der Waals surface area contributed by atoms with Crippen molar-refractivity contribution in [3.05, 3.63) is 35.7 Å². The number of nitrogens with two attached hydrogens (primary N) is 3. The number of aliphatic hydroxyl groups excluding tert-OH is 1. The van der Waals surface area contributed by atoms with E-state index in [0.29, 0.717) is 55.5 Å². The topological polar surface area (TPSA) is 263 Å². The molecule has 1 radical (unpaired) electrons. The van der Waals surface area contributed by atoms with Gasteiger partial charge < -0.3 is 19.9 Å². The van der Waals surface area contributed by atoms with Crippen LogP contribution in [0.3, 0.4) is 0 Å². The van der Waals surface area contributed by atoms with Crippen LogP contribution in [0.2, 0.25) is 5.71 Å². The number of allylic oxidation sites excluding steroid dienone is 1.